The largest absolute Gasteiger partial charge is 0.497 e. The van der Waals surface area contributed by atoms with Crippen LogP contribution in [-0.4, -0.2) is 37.4 Å². The van der Waals surface area contributed by atoms with Crippen molar-refractivity contribution in [3.63, 3.8) is 0 Å². The number of likely N-dealkylation sites (tertiary alicyclic amines) is 1. The fourth-order valence-corrected chi connectivity index (χ4v) is 2.88. The minimum Gasteiger partial charge on any atom is -0.497 e. The van der Waals surface area contributed by atoms with Crippen LogP contribution in [0.15, 0.2) is 12.1 Å². The maximum atomic E-state index is 12.5. The average Bonchev–Trinajstić information content (AvgIpc) is 2.38. The lowest BCUT2D eigenvalue weighted by Crippen LogP contribution is -2.34. The molecular weight excluding hydrogens is 238 g/mol. The molecular formula is C16H23NO2. The Kier molecular flexibility index (Phi) is 4.59. The Morgan fingerprint density at radius 1 is 1.16 bits per heavy atom. The highest BCUT2D eigenvalue weighted by molar-refractivity contribution is 6.00. The Balaban J connectivity index is 2.14. The fourth-order valence-electron chi connectivity index (χ4n) is 2.88. The number of ketones is 1. The second kappa shape index (κ2) is 6.20. The predicted octanol–water partition coefficient (Wildman–Crippen LogP) is 2.98. The number of piperidine rings is 1. The fraction of sp³-hybridized carbons (Fsp3) is 0.562. The molecule has 1 aliphatic heterocycles. The molecule has 0 bridgehead atoms. The lowest BCUT2D eigenvalue weighted by molar-refractivity contribution is 0.0914. The first-order valence-electron chi connectivity index (χ1n) is 7.02. The van der Waals surface area contributed by atoms with Gasteiger partial charge in [0.1, 0.15) is 5.75 Å². The summed E-state index contributed by atoms with van der Waals surface area (Å²) in [5, 5.41) is 0. The molecule has 3 heteroatoms. The summed E-state index contributed by atoms with van der Waals surface area (Å²) in [4.78, 5) is 14.7. The Morgan fingerprint density at radius 2 is 1.74 bits per heavy atom. The van der Waals surface area contributed by atoms with E-state index in [0.29, 0.717) is 6.54 Å². The van der Waals surface area contributed by atoms with Crippen LogP contribution in [0.5, 0.6) is 5.75 Å². The summed E-state index contributed by atoms with van der Waals surface area (Å²) in [5.74, 6) is 1.06. The molecule has 0 amide bonds. The van der Waals surface area contributed by atoms with Crippen LogP contribution in [0.4, 0.5) is 0 Å². The van der Waals surface area contributed by atoms with E-state index in [1.807, 2.05) is 26.0 Å². The lowest BCUT2D eigenvalue weighted by Gasteiger charge is -2.26. The molecule has 1 fully saturated rings. The molecule has 1 aromatic rings. The lowest BCUT2D eigenvalue weighted by atomic mass is 9.98. The summed E-state index contributed by atoms with van der Waals surface area (Å²) in [5.41, 5.74) is 2.89. The minimum atomic E-state index is 0.236. The molecule has 0 N–H and O–H groups in total. The van der Waals surface area contributed by atoms with Crippen molar-refractivity contribution in [1.82, 2.24) is 4.90 Å². The molecule has 0 spiro atoms. The van der Waals surface area contributed by atoms with Crippen LogP contribution < -0.4 is 4.74 Å². The first kappa shape index (κ1) is 14.1. The number of benzene rings is 1. The van der Waals surface area contributed by atoms with E-state index in [2.05, 4.69) is 4.90 Å². The Hall–Kier alpha value is -1.35. The Morgan fingerprint density at radius 3 is 2.26 bits per heavy atom. The van der Waals surface area contributed by atoms with E-state index in [9.17, 15) is 4.79 Å². The zero-order valence-electron chi connectivity index (χ0n) is 12.2. The average molecular weight is 261 g/mol. The first-order chi connectivity index (χ1) is 9.11. The molecule has 1 aromatic carbocycles. The van der Waals surface area contributed by atoms with Crippen LogP contribution in [0, 0.1) is 13.8 Å². The number of methoxy groups -OCH3 is 1. The molecule has 1 aliphatic rings. The number of hydrogen-bond donors (Lipinski definition) is 0. The molecule has 0 aliphatic carbocycles. The van der Waals surface area contributed by atoms with Gasteiger partial charge in [0.15, 0.2) is 5.78 Å². The highest BCUT2D eigenvalue weighted by Crippen LogP contribution is 2.22. The van der Waals surface area contributed by atoms with Crippen molar-refractivity contribution in [2.75, 3.05) is 26.7 Å². The van der Waals surface area contributed by atoms with Crippen molar-refractivity contribution in [3.05, 3.63) is 28.8 Å². The number of aryl methyl sites for hydroxylation is 2. The van der Waals surface area contributed by atoms with E-state index in [-0.39, 0.29) is 5.78 Å². The van der Waals surface area contributed by atoms with Crippen molar-refractivity contribution in [1.29, 1.82) is 0 Å². The topological polar surface area (TPSA) is 29.5 Å². The Bertz CT molecular complexity index is 439. The smallest absolute Gasteiger partial charge is 0.177 e. The molecule has 0 aromatic heterocycles. The van der Waals surface area contributed by atoms with Gasteiger partial charge in [-0.05, 0) is 63.0 Å². The van der Waals surface area contributed by atoms with Crippen molar-refractivity contribution in [2.45, 2.75) is 33.1 Å². The van der Waals surface area contributed by atoms with E-state index in [4.69, 9.17) is 4.74 Å². The summed E-state index contributed by atoms with van der Waals surface area (Å²) >= 11 is 0. The van der Waals surface area contributed by atoms with Gasteiger partial charge in [-0.1, -0.05) is 6.42 Å². The van der Waals surface area contributed by atoms with E-state index >= 15 is 0 Å². The third-order valence-corrected chi connectivity index (χ3v) is 3.84. The second-order valence-corrected chi connectivity index (χ2v) is 5.40. The van der Waals surface area contributed by atoms with Gasteiger partial charge in [0.05, 0.1) is 13.7 Å². The standard InChI is InChI=1S/C16H23NO2/c1-12-9-14(19-3)10-13(2)16(12)15(18)11-17-7-5-4-6-8-17/h9-10H,4-8,11H2,1-3H3. The molecule has 2 rings (SSSR count). The van der Waals surface area contributed by atoms with Gasteiger partial charge in [0, 0.05) is 5.56 Å². The normalized spacial score (nSPS) is 16.4. The van der Waals surface area contributed by atoms with Gasteiger partial charge < -0.3 is 4.74 Å². The van der Waals surface area contributed by atoms with Crippen LogP contribution in [-0.2, 0) is 0 Å². The van der Waals surface area contributed by atoms with Crippen LogP contribution in [0.2, 0.25) is 0 Å². The van der Waals surface area contributed by atoms with Crippen LogP contribution in [0.3, 0.4) is 0 Å². The van der Waals surface area contributed by atoms with E-state index < -0.39 is 0 Å². The molecule has 3 nitrogen and oxygen atoms in total. The van der Waals surface area contributed by atoms with Gasteiger partial charge in [-0.3, -0.25) is 9.69 Å². The summed E-state index contributed by atoms with van der Waals surface area (Å²) in [6.45, 7) is 6.63. The predicted molar refractivity (Wildman–Crippen MR) is 77.1 cm³/mol. The van der Waals surface area contributed by atoms with Gasteiger partial charge >= 0.3 is 0 Å². The van der Waals surface area contributed by atoms with Crippen molar-refractivity contribution < 1.29 is 9.53 Å². The van der Waals surface area contributed by atoms with Crippen LogP contribution in [0.25, 0.3) is 0 Å². The number of ether oxygens (including phenoxy) is 1. The van der Waals surface area contributed by atoms with E-state index in [0.717, 1.165) is 35.5 Å². The minimum absolute atomic E-state index is 0.236. The van der Waals surface area contributed by atoms with Gasteiger partial charge in [0.2, 0.25) is 0 Å². The molecule has 1 saturated heterocycles. The number of rotatable bonds is 4. The quantitative estimate of drug-likeness (QED) is 0.780. The summed E-state index contributed by atoms with van der Waals surface area (Å²) in [6, 6.07) is 3.88. The zero-order valence-corrected chi connectivity index (χ0v) is 12.2. The van der Waals surface area contributed by atoms with Gasteiger partial charge in [-0.2, -0.15) is 0 Å². The maximum absolute atomic E-state index is 12.5. The third kappa shape index (κ3) is 3.35. The molecule has 1 heterocycles. The van der Waals surface area contributed by atoms with Gasteiger partial charge in [-0.15, -0.1) is 0 Å². The van der Waals surface area contributed by atoms with Crippen LogP contribution in [0.1, 0.15) is 40.7 Å². The molecule has 0 atom stereocenters. The number of carbonyl (C=O) groups excluding carboxylic acids is 1. The highest BCUT2D eigenvalue weighted by Gasteiger charge is 2.18. The van der Waals surface area contributed by atoms with Crippen molar-refractivity contribution in [2.24, 2.45) is 0 Å². The van der Waals surface area contributed by atoms with Gasteiger partial charge in [-0.25, -0.2) is 0 Å². The van der Waals surface area contributed by atoms with Gasteiger partial charge in [0.25, 0.3) is 0 Å². The van der Waals surface area contributed by atoms with E-state index in [1.165, 1.54) is 19.3 Å². The summed E-state index contributed by atoms with van der Waals surface area (Å²) < 4.78 is 5.24. The second-order valence-electron chi connectivity index (χ2n) is 5.40. The molecule has 0 unspecified atom stereocenters. The number of nitrogens with zero attached hydrogens (tertiary/aromatic N) is 1. The summed E-state index contributed by atoms with van der Waals surface area (Å²) in [6.07, 6.45) is 3.73. The molecule has 0 radical (unpaired) electrons. The first-order valence-corrected chi connectivity index (χ1v) is 7.02. The molecule has 104 valence electrons. The van der Waals surface area contributed by atoms with Crippen molar-refractivity contribution in [3.8, 4) is 5.75 Å². The van der Waals surface area contributed by atoms with E-state index in [1.54, 1.807) is 7.11 Å². The number of hydrogen-bond acceptors (Lipinski definition) is 3. The number of Topliss-reactive ketones (excluding diaryl/α,β-unsaturated/α-hetero) is 1. The molecule has 19 heavy (non-hydrogen) atoms. The monoisotopic (exact) mass is 261 g/mol. The SMILES string of the molecule is COc1cc(C)c(C(=O)CN2CCCCC2)c(C)c1. The van der Waals surface area contributed by atoms with Crippen molar-refractivity contribution >= 4 is 5.78 Å². The maximum Gasteiger partial charge on any atom is 0.177 e. The summed E-state index contributed by atoms with van der Waals surface area (Å²) in [7, 11) is 1.66. The third-order valence-electron chi connectivity index (χ3n) is 3.84. The van der Waals surface area contributed by atoms with Crippen LogP contribution >= 0.6 is 0 Å². The molecule has 0 saturated carbocycles. The highest BCUT2D eigenvalue weighted by atomic mass is 16.5. The Labute approximate surface area is 115 Å². The number of carbonyl (C=O) groups is 1. The zero-order chi connectivity index (χ0) is 13.8.